The van der Waals surface area contributed by atoms with Gasteiger partial charge in [0.05, 0.1) is 11.3 Å². The van der Waals surface area contributed by atoms with Crippen LogP contribution in [-0.2, 0) is 20.6 Å². The van der Waals surface area contributed by atoms with Gasteiger partial charge in [-0.3, -0.25) is 14.4 Å². The summed E-state index contributed by atoms with van der Waals surface area (Å²) in [5, 5.41) is 2.00. The van der Waals surface area contributed by atoms with E-state index in [-0.39, 0.29) is 24.0 Å². The van der Waals surface area contributed by atoms with E-state index in [1.165, 1.54) is 17.9 Å². The number of halogens is 4. The van der Waals surface area contributed by atoms with Gasteiger partial charge in [-0.2, -0.15) is 13.2 Å². The lowest BCUT2D eigenvalue weighted by atomic mass is 10.1. The first-order valence-corrected chi connectivity index (χ1v) is 8.15. The van der Waals surface area contributed by atoms with Crippen LogP contribution in [0.3, 0.4) is 0 Å². The quantitative estimate of drug-likeness (QED) is 0.804. The van der Waals surface area contributed by atoms with Crippen molar-refractivity contribution >= 4 is 35.0 Å². The lowest BCUT2D eigenvalue weighted by Gasteiger charge is -2.34. The molecule has 10 heteroatoms. The molecule has 2 rings (SSSR count). The molecule has 1 fully saturated rings. The topological polar surface area (TPSA) is 69.7 Å². The van der Waals surface area contributed by atoms with Crippen LogP contribution in [0.1, 0.15) is 18.9 Å². The second-order valence-electron chi connectivity index (χ2n) is 5.80. The molecule has 0 atom stereocenters. The molecule has 0 radical (unpaired) electrons. The van der Waals surface area contributed by atoms with Gasteiger partial charge in [0.2, 0.25) is 17.7 Å². The fourth-order valence-corrected chi connectivity index (χ4v) is 2.75. The van der Waals surface area contributed by atoms with Crippen LogP contribution in [0, 0.1) is 0 Å². The number of nitrogens with one attached hydrogen (secondary N) is 1. The van der Waals surface area contributed by atoms with E-state index in [1.807, 2.05) is 0 Å². The number of alkyl halides is 3. The van der Waals surface area contributed by atoms with E-state index in [2.05, 4.69) is 5.32 Å². The number of benzene rings is 1. The highest BCUT2D eigenvalue weighted by atomic mass is 35.5. The minimum Gasteiger partial charge on any atom is -0.339 e. The maximum absolute atomic E-state index is 13.0. The van der Waals surface area contributed by atoms with Gasteiger partial charge in [0.1, 0.15) is 6.42 Å². The van der Waals surface area contributed by atoms with Crippen LogP contribution in [0.4, 0.5) is 18.9 Å². The molecule has 1 aliphatic heterocycles. The standard InChI is InChI=1S/C16H17ClF3N3O3/c1-10(24)22-4-6-23(7-5-22)15(26)9-14(25)21-13-3-2-11(17)8-12(13)16(18,19)20/h2-3,8H,4-7,9H2,1H3,(H,21,25). The van der Waals surface area contributed by atoms with Crippen molar-refractivity contribution in [3.8, 4) is 0 Å². The molecule has 1 aliphatic rings. The fraction of sp³-hybridized carbons (Fsp3) is 0.438. The molecule has 1 N–H and O–H groups in total. The first-order valence-electron chi connectivity index (χ1n) is 7.78. The Kier molecular flexibility index (Phi) is 6.12. The molecule has 142 valence electrons. The normalized spacial score (nSPS) is 15.0. The summed E-state index contributed by atoms with van der Waals surface area (Å²) in [6.07, 6.45) is -5.28. The van der Waals surface area contributed by atoms with Crippen molar-refractivity contribution in [3.05, 3.63) is 28.8 Å². The molecule has 0 saturated carbocycles. The Balaban J connectivity index is 1.97. The summed E-state index contributed by atoms with van der Waals surface area (Å²) < 4.78 is 39.1. The van der Waals surface area contributed by atoms with Gasteiger partial charge >= 0.3 is 6.18 Å². The SMILES string of the molecule is CC(=O)N1CCN(C(=O)CC(=O)Nc2ccc(Cl)cc2C(F)(F)F)CC1. The molecule has 26 heavy (non-hydrogen) atoms. The zero-order chi connectivity index (χ0) is 19.5. The van der Waals surface area contributed by atoms with Gasteiger partial charge in [-0.25, -0.2) is 0 Å². The summed E-state index contributed by atoms with van der Waals surface area (Å²) >= 11 is 5.58. The summed E-state index contributed by atoms with van der Waals surface area (Å²) in [4.78, 5) is 38.3. The molecule has 3 amide bonds. The Labute approximate surface area is 152 Å². The Morgan fingerprint density at radius 1 is 1.12 bits per heavy atom. The highest BCUT2D eigenvalue weighted by Gasteiger charge is 2.34. The second kappa shape index (κ2) is 7.94. The van der Waals surface area contributed by atoms with Gasteiger partial charge in [0.15, 0.2) is 0 Å². The molecule has 0 aromatic heterocycles. The zero-order valence-corrected chi connectivity index (χ0v) is 14.7. The fourth-order valence-electron chi connectivity index (χ4n) is 2.57. The minimum absolute atomic E-state index is 0.0998. The van der Waals surface area contributed by atoms with Crippen molar-refractivity contribution < 1.29 is 27.6 Å². The van der Waals surface area contributed by atoms with Gasteiger partial charge in [-0.15, -0.1) is 0 Å². The summed E-state index contributed by atoms with van der Waals surface area (Å²) in [6, 6.07) is 2.97. The van der Waals surface area contributed by atoms with Crippen molar-refractivity contribution in [2.24, 2.45) is 0 Å². The van der Waals surface area contributed by atoms with Crippen molar-refractivity contribution in [2.75, 3.05) is 31.5 Å². The van der Waals surface area contributed by atoms with E-state index in [0.29, 0.717) is 19.2 Å². The average molecular weight is 392 g/mol. The Bertz CT molecular complexity index is 716. The Morgan fingerprint density at radius 2 is 1.69 bits per heavy atom. The number of amides is 3. The van der Waals surface area contributed by atoms with E-state index in [9.17, 15) is 27.6 Å². The molecule has 0 unspecified atom stereocenters. The summed E-state index contributed by atoms with van der Waals surface area (Å²) in [6.45, 7) is 2.70. The van der Waals surface area contributed by atoms with Gasteiger partial charge in [-0.05, 0) is 18.2 Å². The minimum atomic E-state index is -4.69. The van der Waals surface area contributed by atoms with Crippen LogP contribution >= 0.6 is 11.6 Å². The predicted octanol–water partition coefficient (Wildman–Crippen LogP) is 2.38. The van der Waals surface area contributed by atoms with E-state index in [1.54, 1.807) is 4.90 Å². The van der Waals surface area contributed by atoms with E-state index in [4.69, 9.17) is 11.6 Å². The zero-order valence-electron chi connectivity index (χ0n) is 13.9. The largest absolute Gasteiger partial charge is 0.418 e. The molecule has 0 bridgehead atoms. The van der Waals surface area contributed by atoms with Gasteiger partial charge in [-0.1, -0.05) is 11.6 Å². The first-order chi connectivity index (χ1) is 12.1. The van der Waals surface area contributed by atoms with E-state index >= 15 is 0 Å². The lowest BCUT2D eigenvalue weighted by molar-refractivity contribution is -0.140. The Morgan fingerprint density at radius 3 is 2.23 bits per heavy atom. The van der Waals surface area contributed by atoms with Crippen LogP contribution in [0.2, 0.25) is 5.02 Å². The smallest absolute Gasteiger partial charge is 0.339 e. The average Bonchev–Trinajstić information content (AvgIpc) is 2.55. The molecule has 0 aliphatic carbocycles. The summed E-state index contributed by atoms with van der Waals surface area (Å²) in [5.41, 5.74) is -1.54. The Hall–Kier alpha value is -2.29. The number of hydrogen-bond donors (Lipinski definition) is 1. The van der Waals surface area contributed by atoms with Crippen molar-refractivity contribution in [2.45, 2.75) is 19.5 Å². The number of piperazine rings is 1. The van der Waals surface area contributed by atoms with Gasteiger partial charge < -0.3 is 15.1 Å². The lowest BCUT2D eigenvalue weighted by Crippen LogP contribution is -2.50. The highest BCUT2D eigenvalue weighted by Crippen LogP contribution is 2.36. The third-order valence-corrected chi connectivity index (χ3v) is 4.19. The second-order valence-corrected chi connectivity index (χ2v) is 6.24. The number of rotatable bonds is 3. The van der Waals surface area contributed by atoms with Gasteiger partial charge in [0, 0.05) is 38.1 Å². The van der Waals surface area contributed by atoms with Crippen LogP contribution in [-0.4, -0.2) is 53.7 Å². The molecular formula is C16H17ClF3N3O3. The molecule has 6 nitrogen and oxygen atoms in total. The highest BCUT2D eigenvalue weighted by molar-refractivity contribution is 6.30. The van der Waals surface area contributed by atoms with Gasteiger partial charge in [0.25, 0.3) is 0 Å². The third kappa shape index (κ3) is 5.10. The molecule has 1 heterocycles. The number of hydrogen-bond acceptors (Lipinski definition) is 3. The first kappa shape index (κ1) is 20.0. The van der Waals surface area contributed by atoms with E-state index in [0.717, 1.165) is 6.07 Å². The van der Waals surface area contributed by atoms with Crippen LogP contribution in [0.5, 0.6) is 0 Å². The van der Waals surface area contributed by atoms with Crippen LogP contribution in [0.15, 0.2) is 18.2 Å². The van der Waals surface area contributed by atoms with Crippen LogP contribution < -0.4 is 5.32 Å². The summed E-state index contributed by atoms with van der Waals surface area (Å²) in [7, 11) is 0. The monoisotopic (exact) mass is 391 g/mol. The van der Waals surface area contributed by atoms with Crippen molar-refractivity contribution in [3.63, 3.8) is 0 Å². The molecular weight excluding hydrogens is 375 g/mol. The van der Waals surface area contributed by atoms with Crippen LogP contribution in [0.25, 0.3) is 0 Å². The van der Waals surface area contributed by atoms with Crippen molar-refractivity contribution in [1.82, 2.24) is 9.80 Å². The molecule has 0 spiro atoms. The maximum Gasteiger partial charge on any atom is 0.418 e. The number of carbonyl (C=O) groups is 3. The molecule has 1 aromatic carbocycles. The van der Waals surface area contributed by atoms with E-state index < -0.39 is 35.7 Å². The molecule has 1 aromatic rings. The summed E-state index contributed by atoms with van der Waals surface area (Å²) in [5.74, 6) is -1.46. The third-order valence-electron chi connectivity index (χ3n) is 3.95. The van der Waals surface area contributed by atoms with Crippen molar-refractivity contribution in [1.29, 1.82) is 0 Å². The number of carbonyl (C=O) groups excluding carboxylic acids is 3. The molecule has 1 saturated heterocycles. The number of nitrogens with zero attached hydrogens (tertiary/aromatic N) is 2. The maximum atomic E-state index is 13.0. The number of anilines is 1. The predicted molar refractivity (Wildman–Crippen MR) is 88.5 cm³/mol.